The Morgan fingerprint density at radius 3 is 2.57 bits per heavy atom. The highest BCUT2D eigenvalue weighted by molar-refractivity contribution is 7.21. The van der Waals surface area contributed by atoms with E-state index in [2.05, 4.69) is 29.7 Å². The summed E-state index contributed by atoms with van der Waals surface area (Å²) in [7, 11) is 0. The molecule has 0 radical (unpaired) electrons. The molecule has 0 aliphatic carbocycles. The Labute approximate surface area is 180 Å². The van der Waals surface area contributed by atoms with Crippen molar-refractivity contribution < 1.29 is 9.59 Å². The third-order valence-corrected chi connectivity index (χ3v) is 6.27. The number of likely N-dealkylation sites (tertiary alicyclic amines) is 1. The summed E-state index contributed by atoms with van der Waals surface area (Å²) in [6, 6.07) is 13.4. The molecular formula is C23H26N4O2S. The molecule has 1 fully saturated rings. The van der Waals surface area contributed by atoms with Gasteiger partial charge >= 0.3 is 6.03 Å². The number of hydrogen-bond acceptors (Lipinski definition) is 4. The number of benzene rings is 2. The molecule has 2 heterocycles. The molecule has 1 atom stereocenters. The van der Waals surface area contributed by atoms with E-state index >= 15 is 0 Å². The second kappa shape index (κ2) is 7.72. The number of nitrogens with one attached hydrogen (secondary N) is 2. The van der Waals surface area contributed by atoms with Crippen molar-refractivity contribution in [1.82, 2.24) is 15.2 Å². The van der Waals surface area contributed by atoms with Crippen LogP contribution in [0.15, 0.2) is 42.5 Å². The number of fused-ring (bicyclic) bond motifs is 1. The van der Waals surface area contributed by atoms with E-state index in [0.29, 0.717) is 18.7 Å². The van der Waals surface area contributed by atoms with Crippen LogP contribution in [0.3, 0.4) is 0 Å². The van der Waals surface area contributed by atoms with Gasteiger partial charge in [0.2, 0.25) is 5.91 Å². The van der Waals surface area contributed by atoms with E-state index in [4.69, 9.17) is 4.98 Å². The van der Waals surface area contributed by atoms with Crippen LogP contribution in [0.1, 0.15) is 32.8 Å². The summed E-state index contributed by atoms with van der Waals surface area (Å²) in [6.45, 7) is 8.61. The molecule has 0 spiro atoms. The van der Waals surface area contributed by atoms with Crippen LogP contribution in [0.25, 0.3) is 20.8 Å². The van der Waals surface area contributed by atoms with E-state index in [1.165, 1.54) is 10.3 Å². The summed E-state index contributed by atoms with van der Waals surface area (Å²) in [6.07, 6.45) is 0.334. The monoisotopic (exact) mass is 422 g/mol. The molecule has 3 amide bonds. The van der Waals surface area contributed by atoms with Gasteiger partial charge in [0.05, 0.1) is 16.3 Å². The van der Waals surface area contributed by atoms with E-state index in [0.717, 1.165) is 16.1 Å². The van der Waals surface area contributed by atoms with Crippen LogP contribution in [0.2, 0.25) is 0 Å². The van der Waals surface area contributed by atoms with Gasteiger partial charge in [-0.25, -0.2) is 9.78 Å². The second-order valence-corrected chi connectivity index (χ2v) is 9.77. The number of rotatable bonds is 3. The third kappa shape index (κ3) is 4.31. The molecular weight excluding hydrogens is 396 g/mol. The lowest BCUT2D eigenvalue weighted by Crippen LogP contribution is -2.45. The Balaban J connectivity index is 1.38. The fraction of sp³-hybridized carbons (Fsp3) is 0.348. The van der Waals surface area contributed by atoms with Crippen molar-refractivity contribution in [3.05, 3.63) is 48.0 Å². The number of amides is 3. The lowest BCUT2D eigenvalue weighted by Gasteiger charge is -2.32. The van der Waals surface area contributed by atoms with Crippen molar-refractivity contribution in [1.29, 1.82) is 0 Å². The molecule has 1 unspecified atom stereocenters. The van der Waals surface area contributed by atoms with Gasteiger partial charge in [0, 0.05) is 29.8 Å². The number of urea groups is 1. The molecule has 6 nitrogen and oxygen atoms in total. The molecule has 4 rings (SSSR count). The Bertz CT molecular complexity index is 1100. The number of aryl methyl sites for hydroxylation is 1. The van der Waals surface area contributed by atoms with Crippen LogP contribution < -0.4 is 10.6 Å². The van der Waals surface area contributed by atoms with Crippen LogP contribution in [-0.2, 0) is 4.79 Å². The topological polar surface area (TPSA) is 74.3 Å². The van der Waals surface area contributed by atoms with Crippen LogP contribution in [0.5, 0.6) is 0 Å². The van der Waals surface area contributed by atoms with Crippen molar-refractivity contribution >= 4 is 39.2 Å². The predicted octanol–water partition coefficient (Wildman–Crippen LogP) is 4.79. The first-order valence-electron chi connectivity index (χ1n) is 10.0. The van der Waals surface area contributed by atoms with E-state index in [1.807, 2.05) is 56.0 Å². The first kappa shape index (κ1) is 20.3. The first-order chi connectivity index (χ1) is 14.2. The van der Waals surface area contributed by atoms with Crippen molar-refractivity contribution in [2.45, 2.75) is 45.7 Å². The molecule has 2 N–H and O–H groups in total. The highest BCUT2D eigenvalue weighted by Gasteiger charge is 2.36. The summed E-state index contributed by atoms with van der Waals surface area (Å²) < 4.78 is 1.17. The highest BCUT2D eigenvalue weighted by atomic mass is 32.1. The third-order valence-electron chi connectivity index (χ3n) is 5.20. The lowest BCUT2D eigenvalue weighted by atomic mass is 10.1. The molecule has 156 valence electrons. The summed E-state index contributed by atoms with van der Waals surface area (Å²) in [5.74, 6) is 0.0724. The van der Waals surface area contributed by atoms with Gasteiger partial charge in [0.15, 0.2) is 0 Å². The van der Waals surface area contributed by atoms with Crippen LogP contribution >= 0.6 is 11.3 Å². The maximum absolute atomic E-state index is 12.4. The van der Waals surface area contributed by atoms with Gasteiger partial charge in [0.1, 0.15) is 5.01 Å². The Morgan fingerprint density at radius 1 is 1.17 bits per heavy atom. The van der Waals surface area contributed by atoms with Crippen molar-refractivity contribution in [2.75, 3.05) is 11.9 Å². The van der Waals surface area contributed by atoms with E-state index in [-0.39, 0.29) is 23.5 Å². The molecule has 1 aromatic heterocycles. The fourth-order valence-corrected chi connectivity index (χ4v) is 4.73. The zero-order valence-electron chi connectivity index (χ0n) is 17.7. The van der Waals surface area contributed by atoms with E-state index in [1.54, 1.807) is 11.3 Å². The maximum Gasteiger partial charge on any atom is 0.319 e. The van der Waals surface area contributed by atoms with Crippen LogP contribution in [-0.4, -0.2) is 39.9 Å². The number of thiazole rings is 1. The molecule has 2 aromatic carbocycles. The van der Waals surface area contributed by atoms with E-state index in [9.17, 15) is 9.59 Å². The molecule has 1 aliphatic heterocycles. The average molecular weight is 423 g/mol. The molecule has 3 aromatic rings. The smallest absolute Gasteiger partial charge is 0.319 e. The van der Waals surface area contributed by atoms with Crippen LogP contribution in [0, 0.1) is 6.92 Å². The number of anilines is 1. The minimum atomic E-state index is -0.299. The normalized spacial score (nSPS) is 16.9. The van der Waals surface area contributed by atoms with Crippen LogP contribution in [0.4, 0.5) is 10.5 Å². The molecule has 30 heavy (non-hydrogen) atoms. The summed E-state index contributed by atoms with van der Waals surface area (Å²) in [4.78, 5) is 31.1. The van der Waals surface area contributed by atoms with Gasteiger partial charge in [-0.2, -0.15) is 0 Å². The summed E-state index contributed by atoms with van der Waals surface area (Å²) in [5, 5.41) is 6.72. The van der Waals surface area contributed by atoms with E-state index < -0.39 is 0 Å². The van der Waals surface area contributed by atoms with Gasteiger partial charge < -0.3 is 15.5 Å². The van der Waals surface area contributed by atoms with Gasteiger partial charge in [-0.3, -0.25) is 4.79 Å². The van der Waals surface area contributed by atoms with Gasteiger partial charge in [-0.1, -0.05) is 6.07 Å². The maximum atomic E-state index is 12.4. The van der Waals surface area contributed by atoms with Gasteiger partial charge in [-0.15, -0.1) is 11.3 Å². The summed E-state index contributed by atoms with van der Waals surface area (Å²) in [5.41, 5.74) is 3.70. The molecule has 7 heteroatoms. The highest BCUT2D eigenvalue weighted by Crippen LogP contribution is 2.31. The number of carbonyl (C=O) groups excluding carboxylic acids is 2. The fourth-order valence-electron chi connectivity index (χ4n) is 3.66. The largest absolute Gasteiger partial charge is 0.336 e. The zero-order chi connectivity index (χ0) is 21.5. The summed E-state index contributed by atoms with van der Waals surface area (Å²) >= 11 is 1.66. The molecule has 1 saturated heterocycles. The Hall–Kier alpha value is -2.93. The minimum absolute atomic E-state index is 0.0724. The standard InChI is InChI=1S/C23H26N4O2S/c1-14-5-10-18-19(11-14)30-21(26-18)15-6-8-16(9-7-15)24-22(29)25-17-12-20(28)27(13-17)23(2,3)4/h5-11,17H,12-13H2,1-4H3,(H2,24,25,29). The molecule has 0 bridgehead atoms. The number of aromatic nitrogens is 1. The number of hydrogen-bond donors (Lipinski definition) is 2. The van der Waals surface area contributed by atoms with Crippen molar-refractivity contribution in [3.8, 4) is 10.6 Å². The van der Waals surface area contributed by atoms with Gasteiger partial charge in [0.25, 0.3) is 0 Å². The lowest BCUT2D eigenvalue weighted by molar-refractivity contribution is -0.131. The molecule has 0 saturated carbocycles. The van der Waals surface area contributed by atoms with Gasteiger partial charge in [-0.05, 0) is 69.7 Å². The second-order valence-electron chi connectivity index (χ2n) is 8.74. The number of carbonyl (C=O) groups is 2. The average Bonchev–Trinajstić information content (AvgIpc) is 3.24. The van der Waals surface area contributed by atoms with Crippen molar-refractivity contribution in [2.24, 2.45) is 0 Å². The SMILES string of the molecule is Cc1ccc2nc(-c3ccc(NC(=O)NC4CC(=O)N(C(C)(C)C)C4)cc3)sc2c1. The Morgan fingerprint density at radius 2 is 1.90 bits per heavy atom. The first-order valence-corrected chi connectivity index (χ1v) is 10.9. The quantitative estimate of drug-likeness (QED) is 0.637. The molecule has 1 aliphatic rings. The predicted molar refractivity (Wildman–Crippen MR) is 122 cm³/mol. The minimum Gasteiger partial charge on any atom is -0.336 e. The Kier molecular flexibility index (Phi) is 5.24. The van der Waals surface area contributed by atoms with Crippen molar-refractivity contribution in [3.63, 3.8) is 0 Å². The number of nitrogens with zero attached hydrogens (tertiary/aromatic N) is 2. The zero-order valence-corrected chi connectivity index (χ0v) is 18.5.